The number of fused-ring (bicyclic) bond motifs is 1. The Morgan fingerprint density at radius 1 is 1.21 bits per heavy atom. The molecular formula is C20H18F2N4O6S. The van der Waals surface area contributed by atoms with Crippen molar-refractivity contribution in [3.05, 3.63) is 65.6 Å². The Labute approximate surface area is 187 Å². The van der Waals surface area contributed by atoms with Crippen LogP contribution in [0.4, 0.5) is 19.3 Å². The molecule has 1 atom stereocenters. The number of rotatable bonds is 7. The average molecular weight is 480 g/mol. The van der Waals surface area contributed by atoms with Gasteiger partial charge in [0, 0.05) is 18.2 Å². The Hall–Kier alpha value is -3.71. The van der Waals surface area contributed by atoms with Crippen molar-refractivity contribution in [2.45, 2.75) is 19.5 Å². The van der Waals surface area contributed by atoms with Gasteiger partial charge in [-0.3, -0.25) is 9.62 Å². The monoisotopic (exact) mass is 480 g/mol. The number of carbonyl (C=O) groups excluding carboxylic acids is 1. The zero-order valence-corrected chi connectivity index (χ0v) is 18.2. The maximum absolute atomic E-state index is 14.9. The second kappa shape index (κ2) is 8.67. The molecule has 3 aromatic rings. The van der Waals surface area contributed by atoms with E-state index in [0.717, 1.165) is 0 Å². The van der Waals surface area contributed by atoms with E-state index >= 15 is 0 Å². The summed E-state index contributed by atoms with van der Waals surface area (Å²) in [6.45, 7) is 1.37. The van der Waals surface area contributed by atoms with E-state index in [1.165, 1.54) is 54.7 Å². The Kier molecular flexibility index (Phi) is 5.91. The minimum absolute atomic E-state index is 0.0304. The number of amides is 1. The summed E-state index contributed by atoms with van der Waals surface area (Å²) in [5, 5.41) is 0. The van der Waals surface area contributed by atoms with Crippen molar-refractivity contribution in [2.24, 2.45) is 0 Å². The summed E-state index contributed by atoms with van der Waals surface area (Å²) < 4.78 is 72.6. The number of nitrogens with zero attached hydrogens (tertiary/aromatic N) is 2. The molecule has 0 spiro atoms. The molecule has 0 saturated carbocycles. The van der Waals surface area contributed by atoms with Crippen LogP contribution in [0.25, 0.3) is 0 Å². The van der Waals surface area contributed by atoms with Crippen LogP contribution in [-0.2, 0) is 16.8 Å². The highest BCUT2D eigenvalue weighted by atomic mass is 32.2. The zero-order chi connectivity index (χ0) is 23.8. The van der Waals surface area contributed by atoms with Crippen LogP contribution in [-0.4, -0.2) is 31.4 Å². The number of halogens is 2. The number of benzene rings is 2. The highest BCUT2D eigenvalue weighted by Crippen LogP contribution is 2.41. The van der Waals surface area contributed by atoms with Crippen molar-refractivity contribution < 1.29 is 35.9 Å². The van der Waals surface area contributed by atoms with Crippen molar-refractivity contribution in [3.8, 4) is 17.6 Å². The van der Waals surface area contributed by atoms with Gasteiger partial charge in [-0.1, -0.05) is 12.1 Å². The lowest BCUT2D eigenvalue weighted by atomic mass is 10.0. The Morgan fingerprint density at radius 2 is 2.00 bits per heavy atom. The fourth-order valence-electron chi connectivity index (χ4n) is 3.25. The average Bonchev–Trinajstić information content (AvgIpc) is 3.29. The van der Waals surface area contributed by atoms with Crippen LogP contribution >= 0.6 is 0 Å². The van der Waals surface area contributed by atoms with Crippen molar-refractivity contribution in [3.63, 3.8) is 0 Å². The van der Waals surface area contributed by atoms with Gasteiger partial charge >= 0.3 is 12.2 Å². The van der Waals surface area contributed by atoms with Crippen molar-refractivity contribution in [1.29, 1.82) is 0 Å². The van der Waals surface area contributed by atoms with Crippen LogP contribution in [0.3, 0.4) is 0 Å². The molecule has 4 rings (SSSR count). The summed E-state index contributed by atoms with van der Waals surface area (Å²) in [4.78, 5) is 17.6. The van der Waals surface area contributed by atoms with E-state index in [4.69, 9.17) is 13.9 Å². The second-order valence-electron chi connectivity index (χ2n) is 6.96. The molecule has 1 aromatic heterocycles. The summed E-state index contributed by atoms with van der Waals surface area (Å²) in [5.74, 6) is -2.34. The molecule has 0 saturated heterocycles. The van der Waals surface area contributed by atoms with Gasteiger partial charge < -0.3 is 13.9 Å². The van der Waals surface area contributed by atoms with E-state index < -0.39 is 34.0 Å². The third-order valence-corrected chi connectivity index (χ3v) is 6.00. The Balaban J connectivity index is 1.60. The summed E-state index contributed by atoms with van der Waals surface area (Å²) >= 11 is 0. The second-order valence-corrected chi connectivity index (χ2v) is 8.58. The quantitative estimate of drug-likeness (QED) is 0.529. The molecule has 1 aliphatic heterocycles. The Bertz CT molecular complexity index is 1300. The van der Waals surface area contributed by atoms with Gasteiger partial charge in [-0.25, -0.2) is 13.9 Å². The molecule has 0 radical (unpaired) electrons. The summed E-state index contributed by atoms with van der Waals surface area (Å²) in [6, 6.07) is 6.23. The van der Waals surface area contributed by atoms with Crippen molar-refractivity contribution >= 4 is 22.0 Å². The third kappa shape index (κ3) is 4.45. The largest absolute Gasteiger partial charge is 0.417 e. The maximum atomic E-state index is 14.9. The van der Waals surface area contributed by atoms with Gasteiger partial charge in [0.1, 0.15) is 6.26 Å². The number of carbonyl (C=O) groups is 1. The summed E-state index contributed by atoms with van der Waals surface area (Å²) in [6.07, 6.45) is 1.48. The normalized spacial score (nSPS) is 15.7. The minimum atomic E-state index is -3.94. The molecular weight excluding hydrogens is 462 g/mol. The molecule has 2 heterocycles. The van der Waals surface area contributed by atoms with Gasteiger partial charge in [0.2, 0.25) is 5.82 Å². The standard InChI is InChI=1S/C20H18F2N4O6S/c1-11-13-6-7-15(31-19-24-8-9-30-19)17(22)18(13)32-20(27)26(11)10-12-4-3-5-14(16(12)21)25-33(28,29)23-2/h3-9,11,23,25H,10H2,1-2H3/t11-/m0/s1. The predicted molar refractivity (Wildman–Crippen MR) is 111 cm³/mol. The molecule has 0 aliphatic carbocycles. The number of ether oxygens (including phenoxy) is 2. The third-order valence-electron chi connectivity index (χ3n) is 4.97. The van der Waals surface area contributed by atoms with Crippen molar-refractivity contribution in [1.82, 2.24) is 14.6 Å². The first-order valence-electron chi connectivity index (χ1n) is 9.57. The smallest absolute Gasteiger partial charge is 0.416 e. The first kappa shape index (κ1) is 22.5. The number of hydrogen-bond donors (Lipinski definition) is 2. The van der Waals surface area contributed by atoms with E-state index in [1.807, 2.05) is 4.72 Å². The summed E-state index contributed by atoms with van der Waals surface area (Å²) in [7, 11) is -2.77. The highest BCUT2D eigenvalue weighted by Gasteiger charge is 2.35. The molecule has 0 bridgehead atoms. The molecule has 1 amide bonds. The van der Waals surface area contributed by atoms with Crippen LogP contribution < -0.4 is 18.9 Å². The molecule has 0 unspecified atom stereocenters. The molecule has 174 valence electrons. The topological polar surface area (TPSA) is 123 Å². The molecule has 0 fully saturated rings. The van der Waals surface area contributed by atoms with E-state index in [9.17, 15) is 22.0 Å². The lowest BCUT2D eigenvalue weighted by Crippen LogP contribution is -2.39. The van der Waals surface area contributed by atoms with Gasteiger partial charge in [0.05, 0.1) is 24.5 Å². The molecule has 13 heteroatoms. The molecule has 1 aliphatic rings. The minimum Gasteiger partial charge on any atom is -0.417 e. The number of anilines is 1. The SMILES string of the molecule is CNS(=O)(=O)Nc1cccc(CN2C(=O)Oc3c(ccc(Oc4ncco4)c3F)[C@@H]2C)c1F. The van der Waals surface area contributed by atoms with Crippen molar-refractivity contribution in [2.75, 3.05) is 11.8 Å². The fraction of sp³-hybridized carbons (Fsp3) is 0.200. The van der Waals surface area contributed by atoms with E-state index in [2.05, 4.69) is 9.71 Å². The van der Waals surface area contributed by atoms with Crippen LogP contribution in [0.15, 0.2) is 47.2 Å². The zero-order valence-electron chi connectivity index (χ0n) is 17.3. The first-order chi connectivity index (χ1) is 15.7. The number of oxazole rings is 1. The van der Waals surface area contributed by atoms with Crippen LogP contribution in [0.5, 0.6) is 17.6 Å². The van der Waals surface area contributed by atoms with Gasteiger partial charge in [0.25, 0.3) is 10.2 Å². The van der Waals surface area contributed by atoms with Crippen LogP contribution in [0, 0.1) is 11.6 Å². The van der Waals surface area contributed by atoms with Gasteiger partial charge in [-0.05, 0) is 25.1 Å². The fourth-order valence-corrected chi connectivity index (χ4v) is 3.80. The number of nitrogens with one attached hydrogen (secondary N) is 2. The lowest BCUT2D eigenvalue weighted by molar-refractivity contribution is 0.114. The maximum Gasteiger partial charge on any atom is 0.416 e. The first-order valence-corrected chi connectivity index (χ1v) is 11.1. The molecule has 2 aromatic carbocycles. The lowest BCUT2D eigenvalue weighted by Gasteiger charge is -2.34. The predicted octanol–water partition coefficient (Wildman–Crippen LogP) is 3.70. The van der Waals surface area contributed by atoms with Gasteiger partial charge in [0.15, 0.2) is 17.3 Å². The molecule has 2 N–H and O–H groups in total. The van der Waals surface area contributed by atoms with E-state index in [-0.39, 0.29) is 35.4 Å². The van der Waals surface area contributed by atoms with Crippen LogP contribution in [0.1, 0.15) is 24.1 Å². The highest BCUT2D eigenvalue weighted by molar-refractivity contribution is 7.90. The van der Waals surface area contributed by atoms with Gasteiger partial charge in [-0.15, -0.1) is 0 Å². The molecule has 10 nitrogen and oxygen atoms in total. The number of aromatic nitrogens is 1. The van der Waals surface area contributed by atoms with E-state index in [1.54, 1.807) is 6.92 Å². The molecule has 33 heavy (non-hydrogen) atoms. The van der Waals surface area contributed by atoms with Gasteiger partial charge in [-0.2, -0.15) is 17.8 Å². The Morgan fingerprint density at radius 3 is 2.70 bits per heavy atom. The van der Waals surface area contributed by atoms with E-state index in [0.29, 0.717) is 5.56 Å². The van der Waals surface area contributed by atoms with Crippen LogP contribution in [0.2, 0.25) is 0 Å². The number of hydrogen-bond acceptors (Lipinski definition) is 7. The summed E-state index contributed by atoms with van der Waals surface area (Å²) in [5.41, 5.74) is 0.0711.